The molecule has 0 aliphatic carbocycles. The van der Waals surface area contributed by atoms with Gasteiger partial charge >= 0.3 is 0 Å². The molecule has 7 nitrogen and oxygen atoms in total. The van der Waals surface area contributed by atoms with Crippen molar-refractivity contribution in [2.75, 3.05) is 65.6 Å². The summed E-state index contributed by atoms with van der Waals surface area (Å²) in [5.74, 6) is 0.207. The number of nitrogens with one attached hydrogen (secondary N) is 1. The third-order valence-electron chi connectivity index (χ3n) is 5.23. The Bertz CT molecular complexity index is 611. The van der Waals surface area contributed by atoms with Crippen LogP contribution in [0.15, 0.2) is 30.3 Å². The zero-order valence-electron chi connectivity index (χ0n) is 16.1. The molecule has 3 rings (SSSR count). The van der Waals surface area contributed by atoms with Gasteiger partial charge in [-0.05, 0) is 12.5 Å². The van der Waals surface area contributed by atoms with Gasteiger partial charge in [0, 0.05) is 39.3 Å². The highest BCUT2D eigenvalue weighted by atomic mass is 16.5. The van der Waals surface area contributed by atoms with Gasteiger partial charge in [0.1, 0.15) is 0 Å². The number of ether oxygens (including phenoxy) is 1. The van der Waals surface area contributed by atoms with Crippen molar-refractivity contribution in [1.29, 1.82) is 0 Å². The first-order valence-corrected chi connectivity index (χ1v) is 9.76. The number of carbonyl (C=O) groups excluding carboxylic acids is 2. The molecule has 1 atom stereocenters. The molecule has 0 spiro atoms. The van der Waals surface area contributed by atoms with Crippen molar-refractivity contribution in [2.24, 2.45) is 0 Å². The van der Waals surface area contributed by atoms with Gasteiger partial charge in [-0.15, -0.1) is 0 Å². The lowest BCUT2D eigenvalue weighted by Crippen LogP contribution is -2.53. The first kappa shape index (κ1) is 19.8. The van der Waals surface area contributed by atoms with Gasteiger partial charge in [0.15, 0.2) is 0 Å². The van der Waals surface area contributed by atoms with Crippen LogP contribution in [0.2, 0.25) is 0 Å². The van der Waals surface area contributed by atoms with Gasteiger partial charge in [-0.25, -0.2) is 0 Å². The summed E-state index contributed by atoms with van der Waals surface area (Å²) >= 11 is 0. The fourth-order valence-electron chi connectivity index (χ4n) is 3.52. The zero-order valence-corrected chi connectivity index (χ0v) is 16.1. The Balaban J connectivity index is 1.37. The van der Waals surface area contributed by atoms with Crippen LogP contribution < -0.4 is 5.32 Å². The van der Waals surface area contributed by atoms with Gasteiger partial charge in [-0.1, -0.05) is 30.3 Å². The molecule has 1 N–H and O–H groups in total. The van der Waals surface area contributed by atoms with E-state index < -0.39 is 0 Å². The number of carbonyl (C=O) groups is 2. The van der Waals surface area contributed by atoms with E-state index >= 15 is 0 Å². The highest BCUT2D eigenvalue weighted by Crippen LogP contribution is 2.11. The number of rotatable bonds is 6. The highest BCUT2D eigenvalue weighted by Gasteiger charge is 2.24. The minimum absolute atomic E-state index is 0.00455. The number of amides is 2. The minimum Gasteiger partial charge on any atom is -0.379 e. The van der Waals surface area contributed by atoms with Crippen molar-refractivity contribution in [3.63, 3.8) is 0 Å². The number of hydrogen-bond acceptors (Lipinski definition) is 5. The molecule has 1 aromatic carbocycles. The van der Waals surface area contributed by atoms with Crippen LogP contribution in [0, 0.1) is 0 Å². The summed E-state index contributed by atoms with van der Waals surface area (Å²) < 4.78 is 5.32. The summed E-state index contributed by atoms with van der Waals surface area (Å²) in [7, 11) is 0. The number of piperazine rings is 1. The molecule has 2 amide bonds. The predicted octanol–water partition coefficient (Wildman–Crippen LogP) is 0.340. The van der Waals surface area contributed by atoms with Crippen molar-refractivity contribution in [1.82, 2.24) is 20.0 Å². The van der Waals surface area contributed by atoms with Crippen LogP contribution in [-0.4, -0.2) is 92.1 Å². The molecule has 0 radical (unpaired) electrons. The van der Waals surface area contributed by atoms with Crippen LogP contribution >= 0.6 is 0 Å². The quantitative estimate of drug-likeness (QED) is 0.778. The van der Waals surface area contributed by atoms with E-state index in [1.165, 1.54) is 0 Å². The van der Waals surface area contributed by atoms with Gasteiger partial charge in [-0.3, -0.25) is 19.4 Å². The lowest BCUT2D eigenvalue weighted by molar-refractivity contribution is -0.135. The molecular weight excluding hydrogens is 344 g/mol. The van der Waals surface area contributed by atoms with E-state index in [1.807, 2.05) is 42.2 Å². The van der Waals surface area contributed by atoms with Crippen LogP contribution in [0.25, 0.3) is 0 Å². The Hall–Kier alpha value is -1.96. The third kappa shape index (κ3) is 6.02. The van der Waals surface area contributed by atoms with Gasteiger partial charge < -0.3 is 15.0 Å². The normalized spacial score (nSPS) is 20.3. The Kier molecular flexibility index (Phi) is 7.20. The third-order valence-corrected chi connectivity index (χ3v) is 5.23. The Morgan fingerprint density at radius 3 is 2.26 bits per heavy atom. The van der Waals surface area contributed by atoms with E-state index in [-0.39, 0.29) is 17.9 Å². The van der Waals surface area contributed by atoms with E-state index in [4.69, 9.17) is 4.74 Å². The van der Waals surface area contributed by atoms with Crippen molar-refractivity contribution < 1.29 is 14.3 Å². The fourth-order valence-corrected chi connectivity index (χ4v) is 3.52. The second-order valence-electron chi connectivity index (χ2n) is 7.25. The van der Waals surface area contributed by atoms with Crippen LogP contribution in [-0.2, 0) is 14.3 Å². The zero-order chi connectivity index (χ0) is 19.1. The lowest BCUT2D eigenvalue weighted by Gasteiger charge is -2.36. The molecule has 27 heavy (non-hydrogen) atoms. The van der Waals surface area contributed by atoms with E-state index in [0.29, 0.717) is 39.4 Å². The molecule has 7 heteroatoms. The topological polar surface area (TPSA) is 65.1 Å². The summed E-state index contributed by atoms with van der Waals surface area (Å²) in [5, 5.41) is 3.05. The average Bonchev–Trinajstić information content (AvgIpc) is 2.70. The first-order chi connectivity index (χ1) is 13.1. The van der Waals surface area contributed by atoms with E-state index in [9.17, 15) is 9.59 Å². The largest absolute Gasteiger partial charge is 0.379 e. The molecule has 2 aliphatic rings. The summed E-state index contributed by atoms with van der Waals surface area (Å²) in [4.78, 5) is 30.9. The van der Waals surface area contributed by atoms with Crippen LogP contribution in [0.3, 0.4) is 0 Å². The Morgan fingerprint density at radius 1 is 0.963 bits per heavy atom. The lowest BCUT2D eigenvalue weighted by atomic mass is 10.1. The fraction of sp³-hybridized carbons (Fsp3) is 0.600. The molecule has 1 unspecified atom stereocenters. The molecule has 0 bridgehead atoms. The number of hydrogen-bond donors (Lipinski definition) is 1. The molecular formula is C20H30N4O3. The van der Waals surface area contributed by atoms with Crippen LogP contribution in [0.4, 0.5) is 0 Å². The summed E-state index contributed by atoms with van der Waals surface area (Å²) in [6.45, 7) is 8.75. The molecule has 1 aromatic rings. The monoisotopic (exact) mass is 374 g/mol. The number of nitrogens with zero attached hydrogens (tertiary/aromatic N) is 3. The van der Waals surface area contributed by atoms with Crippen molar-refractivity contribution in [3.05, 3.63) is 35.9 Å². The summed E-state index contributed by atoms with van der Waals surface area (Å²) in [6, 6.07) is 9.96. The smallest absolute Gasteiger partial charge is 0.236 e. The maximum atomic E-state index is 12.4. The van der Waals surface area contributed by atoms with E-state index in [0.717, 1.165) is 31.7 Å². The molecule has 148 valence electrons. The number of morpholine rings is 1. The maximum absolute atomic E-state index is 12.4. The van der Waals surface area contributed by atoms with Gasteiger partial charge in [0.25, 0.3) is 0 Å². The standard InChI is InChI=1S/C20H30N4O3/c1-17(18-5-3-2-4-6-18)21-19(25)15-22-7-9-24(10-8-22)20(26)16-23-11-13-27-14-12-23/h2-6,17H,7-16H2,1H3,(H,21,25). The van der Waals surface area contributed by atoms with Gasteiger partial charge in [-0.2, -0.15) is 0 Å². The van der Waals surface area contributed by atoms with Gasteiger partial charge in [0.05, 0.1) is 32.3 Å². The van der Waals surface area contributed by atoms with Gasteiger partial charge in [0.2, 0.25) is 11.8 Å². The molecule has 0 aromatic heterocycles. The molecule has 2 fully saturated rings. The molecule has 0 saturated carbocycles. The first-order valence-electron chi connectivity index (χ1n) is 9.76. The Morgan fingerprint density at radius 2 is 1.59 bits per heavy atom. The average molecular weight is 374 g/mol. The summed E-state index contributed by atoms with van der Waals surface area (Å²) in [5.41, 5.74) is 1.10. The Labute approximate surface area is 161 Å². The number of benzene rings is 1. The molecule has 2 heterocycles. The molecule has 2 aliphatic heterocycles. The van der Waals surface area contributed by atoms with Crippen molar-refractivity contribution in [3.8, 4) is 0 Å². The van der Waals surface area contributed by atoms with E-state index in [1.54, 1.807) is 0 Å². The summed E-state index contributed by atoms with van der Waals surface area (Å²) in [6.07, 6.45) is 0. The van der Waals surface area contributed by atoms with Crippen LogP contribution in [0.5, 0.6) is 0 Å². The van der Waals surface area contributed by atoms with Crippen LogP contribution in [0.1, 0.15) is 18.5 Å². The van der Waals surface area contributed by atoms with E-state index in [2.05, 4.69) is 15.1 Å². The minimum atomic E-state index is -0.00455. The second-order valence-corrected chi connectivity index (χ2v) is 7.25. The second kappa shape index (κ2) is 9.82. The molecule has 2 saturated heterocycles. The maximum Gasteiger partial charge on any atom is 0.236 e. The highest BCUT2D eigenvalue weighted by molar-refractivity contribution is 5.79. The van der Waals surface area contributed by atoms with Crippen molar-refractivity contribution in [2.45, 2.75) is 13.0 Å². The van der Waals surface area contributed by atoms with Crippen molar-refractivity contribution >= 4 is 11.8 Å². The predicted molar refractivity (Wildman–Crippen MR) is 103 cm³/mol. The SMILES string of the molecule is CC(NC(=O)CN1CCN(C(=O)CN2CCOCC2)CC1)c1ccccc1.